The van der Waals surface area contributed by atoms with Gasteiger partial charge in [-0.2, -0.15) is 4.98 Å². The fourth-order valence-electron chi connectivity index (χ4n) is 1.19. The number of nitrogens with two attached hydrogens (primary N) is 1. The van der Waals surface area contributed by atoms with Gasteiger partial charge in [-0.05, 0) is 23.4 Å². The highest BCUT2D eigenvalue weighted by atomic mass is 35.5. The SMILES string of the molecule is COc1ccc(Cl)cc1-c1nc(N)no1. The molecule has 0 bridgehead atoms. The van der Waals surface area contributed by atoms with E-state index < -0.39 is 0 Å². The molecule has 0 spiro atoms. The smallest absolute Gasteiger partial charge is 0.263 e. The molecule has 78 valence electrons. The van der Waals surface area contributed by atoms with Crippen LogP contribution < -0.4 is 10.5 Å². The second kappa shape index (κ2) is 3.78. The predicted octanol–water partition coefficient (Wildman–Crippen LogP) is 1.98. The molecule has 5 nitrogen and oxygen atoms in total. The van der Waals surface area contributed by atoms with E-state index >= 15 is 0 Å². The fraction of sp³-hybridized carbons (Fsp3) is 0.111. The lowest BCUT2D eigenvalue weighted by Gasteiger charge is -2.04. The van der Waals surface area contributed by atoms with Crippen LogP contribution in [-0.4, -0.2) is 17.3 Å². The Kier molecular flexibility index (Phi) is 2.47. The number of aromatic nitrogens is 2. The van der Waals surface area contributed by atoms with Crippen molar-refractivity contribution in [3.8, 4) is 17.2 Å². The van der Waals surface area contributed by atoms with Crippen molar-refractivity contribution in [3.05, 3.63) is 23.2 Å². The van der Waals surface area contributed by atoms with Crippen molar-refractivity contribution < 1.29 is 9.26 Å². The van der Waals surface area contributed by atoms with Crippen LogP contribution in [0.2, 0.25) is 5.02 Å². The third-order valence-corrected chi connectivity index (χ3v) is 2.07. The summed E-state index contributed by atoms with van der Waals surface area (Å²) in [5, 5.41) is 4.05. The van der Waals surface area contributed by atoms with E-state index in [9.17, 15) is 0 Å². The molecule has 2 N–H and O–H groups in total. The van der Waals surface area contributed by atoms with Crippen molar-refractivity contribution in [2.24, 2.45) is 0 Å². The van der Waals surface area contributed by atoms with Gasteiger partial charge in [0.1, 0.15) is 5.75 Å². The summed E-state index contributed by atoms with van der Waals surface area (Å²) in [6.45, 7) is 0. The van der Waals surface area contributed by atoms with Crippen LogP contribution in [0.15, 0.2) is 22.7 Å². The Labute approximate surface area is 90.8 Å². The van der Waals surface area contributed by atoms with E-state index in [4.69, 9.17) is 26.6 Å². The van der Waals surface area contributed by atoms with Crippen molar-refractivity contribution in [2.75, 3.05) is 12.8 Å². The number of rotatable bonds is 2. The molecule has 1 aromatic heterocycles. The van der Waals surface area contributed by atoms with Crippen molar-refractivity contribution in [1.82, 2.24) is 10.1 Å². The quantitative estimate of drug-likeness (QED) is 0.846. The van der Waals surface area contributed by atoms with Crippen LogP contribution >= 0.6 is 11.6 Å². The van der Waals surface area contributed by atoms with Crippen LogP contribution in [0, 0.1) is 0 Å². The maximum atomic E-state index is 5.85. The van der Waals surface area contributed by atoms with Crippen molar-refractivity contribution in [2.45, 2.75) is 0 Å². The minimum Gasteiger partial charge on any atom is -0.496 e. The van der Waals surface area contributed by atoms with Gasteiger partial charge in [-0.25, -0.2) is 0 Å². The normalized spacial score (nSPS) is 10.3. The fourth-order valence-corrected chi connectivity index (χ4v) is 1.36. The zero-order valence-corrected chi connectivity index (χ0v) is 8.65. The highest BCUT2D eigenvalue weighted by Crippen LogP contribution is 2.31. The first kappa shape index (κ1) is 9.79. The molecule has 0 unspecified atom stereocenters. The van der Waals surface area contributed by atoms with Crippen LogP contribution in [0.5, 0.6) is 5.75 Å². The van der Waals surface area contributed by atoms with Gasteiger partial charge in [0, 0.05) is 5.02 Å². The van der Waals surface area contributed by atoms with E-state index in [0.717, 1.165) is 0 Å². The Morgan fingerprint density at radius 1 is 1.47 bits per heavy atom. The highest BCUT2D eigenvalue weighted by molar-refractivity contribution is 6.30. The molecule has 15 heavy (non-hydrogen) atoms. The Bertz CT molecular complexity index is 484. The van der Waals surface area contributed by atoms with Gasteiger partial charge in [0.25, 0.3) is 11.8 Å². The third-order valence-electron chi connectivity index (χ3n) is 1.83. The molecule has 0 radical (unpaired) electrons. The standard InChI is InChI=1S/C9H8ClN3O2/c1-14-7-3-2-5(10)4-6(7)8-12-9(11)13-15-8/h2-4H,1H3,(H2,11,13). The van der Waals surface area contributed by atoms with E-state index in [1.54, 1.807) is 25.3 Å². The average molecular weight is 226 g/mol. The van der Waals surface area contributed by atoms with E-state index in [2.05, 4.69) is 10.1 Å². The van der Waals surface area contributed by atoms with Gasteiger partial charge in [-0.1, -0.05) is 11.6 Å². The van der Waals surface area contributed by atoms with Crippen LogP contribution in [0.4, 0.5) is 5.95 Å². The number of ether oxygens (including phenoxy) is 1. The van der Waals surface area contributed by atoms with Gasteiger partial charge in [0.2, 0.25) is 0 Å². The van der Waals surface area contributed by atoms with Gasteiger partial charge in [0.05, 0.1) is 12.7 Å². The van der Waals surface area contributed by atoms with E-state index in [1.165, 1.54) is 0 Å². The number of methoxy groups -OCH3 is 1. The average Bonchev–Trinajstić information content (AvgIpc) is 2.65. The second-order valence-electron chi connectivity index (χ2n) is 2.80. The number of halogens is 1. The topological polar surface area (TPSA) is 74.2 Å². The van der Waals surface area contributed by atoms with Gasteiger partial charge in [0.15, 0.2) is 0 Å². The number of hydrogen-bond acceptors (Lipinski definition) is 5. The van der Waals surface area contributed by atoms with Gasteiger partial charge in [-0.3, -0.25) is 0 Å². The molecule has 0 saturated heterocycles. The second-order valence-corrected chi connectivity index (χ2v) is 3.24. The van der Waals surface area contributed by atoms with Gasteiger partial charge < -0.3 is 15.0 Å². The molecule has 0 aliphatic heterocycles. The minimum atomic E-state index is 0.0760. The predicted molar refractivity (Wildman–Crippen MR) is 55.7 cm³/mol. The molecule has 1 aromatic carbocycles. The first-order chi connectivity index (χ1) is 7.20. The lowest BCUT2D eigenvalue weighted by molar-refractivity contribution is 0.405. The summed E-state index contributed by atoms with van der Waals surface area (Å²) in [5.41, 5.74) is 5.98. The van der Waals surface area contributed by atoms with Crippen molar-refractivity contribution >= 4 is 17.5 Å². The van der Waals surface area contributed by atoms with Gasteiger partial charge >= 0.3 is 0 Å². The summed E-state index contributed by atoms with van der Waals surface area (Å²) >= 11 is 5.85. The molecule has 1 heterocycles. The number of hydrogen-bond donors (Lipinski definition) is 1. The highest BCUT2D eigenvalue weighted by Gasteiger charge is 2.12. The third kappa shape index (κ3) is 1.87. The largest absolute Gasteiger partial charge is 0.496 e. The molecule has 2 rings (SSSR count). The number of benzene rings is 1. The number of anilines is 1. The lowest BCUT2D eigenvalue weighted by Crippen LogP contribution is -1.89. The first-order valence-electron chi connectivity index (χ1n) is 4.14. The van der Waals surface area contributed by atoms with Crippen LogP contribution in [0.25, 0.3) is 11.5 Å². The van der Waals surface area contributed by atoms with E-state index in [0.29, 0.717) is 16.3 Å². The Hall–Kier alpha value is -1.75. The summed E-state index contributed by atoms with van der Waals surface area (Å²) in [5.74, 6) is 0.960. The summed E-state index contributed by atoms with van der Waals surface area (Å²) in [6, 6.07) is 5.11. The summed E-state index contributed by atoms with van der Waals surface area (Å²) in [4.78, 5) is 3.89. The molecule has 6 heteroatoms. The zero-order chi connectivity index (χ0) is 10.8. The van der Waals surface area contributed by atoms with Crippen LogP contribution in [0.1, 0.15) is 0 Å². The molecule has 0 amide bonds. The van der Waals surface area contributed by atoms with E-state index in [1.807, 2.05) is 0 Å². The van der Waals surface area contributed by atoms with Crippen LogP contribution in [0.3, 0.4) is 0 Å². The number of nitrogen functional groups attached to an aromatic ring is 1. The molecule has 0 aliphatic rings. The maximum absolute atomic E-state index is 5.85. The summed E-state index contributed by atoms with van der Waals surface area (Å²) in [7, 11) is 1.55. The van der Waals surface area contributed by atoms with E-state index in [-0.39, 0.29) is 11.8 Å². The summed E-state index contributed by atoms with van der Waals surface area (Å²) in [6.07, 6.45) is 0. The summed E-state index contributed by atoms with van der Waals surface area (Å²) < 4.78 is 10.1. The number of nitrogens with zero attached hydrogens (tertiary/aromatic N) is 2. The zero-order valence-electron chi connectivity index (χ0n) is 7.90. The first-order valence-corrected chi connectivity index (χ1v) is 4.51. The molecule has 0 fully saturated rings. The lowest BCUT2D eigenvalue weighted by atomic mass is 10.2. The Balaban J connectivity index is 2.55. The Morgan fingerprint density at radius 2 is 2.27 bits per heavy atom. The molecule has 0 saturated carbocycles. The molecular weight excluding hydrogens is 218 g/mol. The van der Waals surface area contributed by atoms with Gasteiger partial charge in [-0.15, -0.1) is 0 Å². The van der Waals surface area contributed by atoms with Crippen molar-refractivity contribution in [3.63, 3.8) is 0 Å². The maximum Gasteiger partial charge on any atom is 0.263 e. The Morgan fingerprint density at radius 3 is 2.87 bits per heavy atom. The monoisotopic (exact) mass is 225 g/mol. The molecule has 2 aromatic rings. The molecule has 0 aliphatic carbocycles. The molecule has 0 atom stereocenters. The van der Waals surface area contributed by atoms with Crippen LogP contribution in [-0.2, 0) is 0 Å². The minimum absolute atomic E-state index is 0.0760. The molecular formula is C9H8ClN3O2. The van der Waals surface area contributed by atoms with Crippen molar-refractivity contribution in [1.29, 1.82) is 0 Å².